The monoisotopic (exact) mass is 354 g/mol. The van der Waals surface area contributed by atoms with Gasteiger partial charge in [-0.15, -0.1) is 11.3 Å². The molecule has 2 bridgehead atoms. The Kier molecular flexibility index (Phi) is 4.07. The lowest BCUT2D eigenvalue weighted by atomic mass is 9.75. The maximum absolute atomic E-state index is 5.36. The molecule has 1 aromatic carbocycles. The third-order valence-electron chi connectivity index (χ3n) is 6.58. The number of piperidine rings is 3. The molecule has 0 unspecified atom stereocenters. The Morgan fingerprint density at radius 3 is 2.56 bits per heavy atom. The van der Waals surface area contributed by atoms with Gasteiger partial charge in [0.1, 0.15) is 5.75 Å². The average molecular weight is 355 g/mol. The highest BCUT2D eigenvalue weighted by molar-refractivity contribution is 7.09. The highest BCUT2D eigenvalue weighted by atomic mass is 32.1. The van der Waals surface area contributed by atoms with Crippen LogP contribution in [0.5, 0.6) is 5.75 Å². The second kappa shape index (κ2) is 6.42. The molecule has 132 valence electrons. The van der Waals surface area contributed by atoms with Gasteiger partial charge < -0.3 is 4.74 Å². The minimum atomic E-state index is 0.624. The SMILES string of the molecule is COc1ccc([C@@H]2CN(Cc3cccs3)[C@@H]3C4CCN(CC4)[C@@H]32)cc1. The van der Waals surface area contributed by atoms with Gasteiger partial charge in [-0.25, -0.2) is 0 Å². The van der Waals surface area contributed by atoms with Crippen LogP contribution in [0.2, 0.25) is 0 Å². The Morgan fingerprint density at radius 2 is 1.88 bits per heavy atom. The van der Waals surface area contributed by atoms with Crippen LogP contribution in [-0.2, 0) is 6.54 Å². The summed E-state index contributed by atoms with van der Waals surface area (Å²) in [5.74, 6) is 2.47. The summed E-state index contributed by atoms with van der Waals surface area (Å²) in [6.45, 7) is 4.90. The lowest BCUT2D eigenvalue weighted by molar-refractivity contribution is -0.00844. The summed E-state index contributed by atoms with van der Waals surface area (Å²) in [6.07, 6.45) is 2.77. The van der Waals surface area contributed by atoms with E-state index in [1.54, 1.807) is 7.11 Å². The van der Waals surface area contributed by atoms with Crippen LogP contribution in [0.1, 0.15) is 29.2 Å². The van der Waals surface area contributed by atoms with Crippen molar-refractivity contribution in [2.24, 2.45) is 5.92 Å². The van der Waals surface area contributed by atoms with E-state index in [0.717, 1.165) is 24.3 Å². The molecule has 4 fully saturated rings. The Balaban J connectivity index is 1.46. The Labute approximate surface area is 154 Å². The van der Waals surface area contributed by atoms with Gasteiger partial charge >= 0.3 is 0 Å². The summed E-state index contributed by atoms with van der Waals surface area (Å²) < 4.78 is 5.36. The molecule has 4 aliphatic heterocycles. The van der Waals surface area contributed by atoms with Gasteiger partial charge in [0.2, 0.25) is 0 Å². The van der Waals surface area contributed by atoms with Crippen molar-refractivity contribution in [3.63, 3.8) is 0 Å². The van der Waals surface area contributed by atoms with Crippen molar-refractivity contribution in [3.8, 4) is 5.75 Å². The standard InChI is InChI=1S/C21H26N2OS/c1-24-17-6-4-15(5-7-17)19-14-23(13-18-3-2-12-25-18)20-16-8-10-22(11-9-16)21(19)20/h2-7,12,16,19-21H,8-11,13-14H2,1H3/t19-,20+,21+/m0/s1. The van der Waals surface area contributed by atoms with E-state index in [0.29, 0.717) is 12.0 Å². The summed E-state index contributed by atoms with van der Waals surface area (Å²) in [7, 11) is 1.75. The van der Waals surface area contributed by atoms with E-state index in [-0.39, 0.29) is 0 Å². The summed E-state index contributed by atoms with van der Waals surface area (Å²) >= 11 is 1.90. The summed E-state index contributed by atoms with van der Waals surface area (Å²) in [6, 6.07) is 14.7. The second-order valence-corrected chi connectivity index (χ2v) is 8.78. The second-order valence-electron chi connectivity index (χ2n) is 7.74. The minimum absolute atomic E-state index is 0.624. The lowest BCUT2D eigenvalue weighted by Crippen LogP contribution is -2.59. The van der Waals surface area contributed by atoms with Crippen LogP contribution in [0.25, 0.3) is 0 Å². The van der Waals surface area contributed by atoms with Crippen molar-refractivity contribution in [1.29, 1.82) is 0 Å². The maximum Gasteiger partial charge on any atom is 0.118 e. The number of rotatable bonds is 4. The number of methoxy groups -OCH3 is 1. The zero-order valence-electron chi connectivity index (χ0n) is 14.8. The molecule has 0 amide bonds. The van der Waals surface area contributed by atoms with Crippen LogP contribution in [-0.4, -0.2) is 48.6 Å². The topological polar surface area (TPSA) is 15.7 Å². The number of thiophene rings is 1. The van der Waals surface area contributed by atoms with E-state index < -0.39 is 0 Å². The molecule has 2 aromatic rings. The molecular formula is C21H26N2OS. The van der Waals surface area contributed by atoms with Crippen molar-refractivity contribution in [2.45, 2.75) is 37.4 Å². The van der Waals surface area contributed by atoms with Gasteiger partial charge in [0.05, 0.1) is 7.11 Å². The third kappa shape index (κ3) is 2.71. The van der Waals surface area contributed by atoms with Crippen LogP contribution in [0, 0.1) is 5.92 Å². The molecule has 4 aliphatic rings. The number of likely N-dealkylation sites (tertiary alicyclic amines) is 1. The van der Waals surface area contributed by atoms with Gasteiger partial charge in [-0.2, -0.15) is 0 Å². The summed E-state index contributed by atoms with van der Waals surface area (Å²) in [5.41, 5.74) is 1.48. The fourth-order valence-corrected chi connectivity index (χ4v) is 6.20. The Morgan fingerprint density at radius 1 is 1.08 bits per heavy atom. The molecule has 5 heterocycles. The zero-order chi connectivity index (χ0) is 16.8. The fourth-order valence-electron chi connectivity index (χ4n) is 5.47. The van der Waals surface area contributed by atoms with Gasteiger partial charge in [0, 0.05) is 36.0 Å². The molecule has 3 nitrogen and oxygen atoms in total. The van der Waals surface area contributed by atoms with Crippen molar-refractivity contribution in [3.05, 3.63) is 52.2 Å². The molecule has 4 saturated heterocycles. The third-order valence-corrected chi connectivity index (χ3v) is 7.44. The van der Waals surface area contributed by atoms with Crippen LogP contribution in [0.4, 0.5) is 0 Å². The molecule has 0 saturated carbocycles. The maximum atomic E-state index is 5.36. The first-order valence-corrected chi connectivity index (χ1v) is 10.4. The highest BCUT2D eigenvalue weighted by Gasteiger charge is 2.53. The molecule has 0 spiro atoms. The molecule has 4 heteroatoms. The summed E-state index contributed by atoms with van der Waals surface area (Å²) in [5, 5.41) is 2.21. The largest absolute Gasteiger partial charge is 0.497 e. The molecular weight excluding hydrogens is 328 g/mol. The number of ether oxygens (including phenoxy) is 1. The van der Waals surface area contributed by atoms with Crippen molar-refractivity contribution >= 4 is 11.3 Å². The van der Waals surface area contributed by atoms with E-state index in [2.05, 4.69) is 51.6 Å². The van der Waals surface area contributed by atoms with Gasteiger partial charge in [-0.05, 0) is 61.0 Å². The quantitative estimate of drug-likeness (QED) is 0.830. The molecule has 1 aromatic heterocycles. The van der Waals surface area contributed by atoms with Crippen LogP contribution < -0.4 is 4.74 Å². The normalized spacial score (nSPS) is 34.2. The Bertz CT molecular complexity index is 706. The number of nitrogens with zero attached hydrogens (tertiary/aromatic N) is 2. The molecule has 0 radical (unpaired) electrons. The number of benzene rings is 1. The van der Waals surface area contributed by atoms with Gasteiger partial charge in [0.25, 0.3) is 0 Å². The van der Waals surface area contributed by atoms with E-state index in [4.69, 9.17) is 4.74 Å². The predicted molar refractivity (Wildman–Crippen MR) is 102 cm³/mol. The highest BCUT2D eigenvalue weighted by Crippen LogP contribution is 2.47. The smallest absolute Gasteiger partial charge is 0.118 e. The molecule has 6 rings (SSSR count). The number of fused-ring (bicyclic) bond motifs is 2. The fraction of sp³-hybridized carbons (Fsp3) is 0.524. The molecule has 25 heavy (non-hydrogen) atoms. The van der Waals surface area contributed by atoms with Crippen molar-refractivity contribution in [2.75, 3.05) is 26.7 Å². The summed E-state index contributed by atoms with van der Waals surface area (Å²) in [4.78, 5) is 7.08. The number of hydrogen-bond donors (Lipinski definition) is 0. The minimum Gasteiger partial charge on any atom is -0.497 e. The van der Waals surface area contributed by atoms with E-state index in [1.807, 2.05) is 11.3 Å². The molecule has 3 atom stereocenters. The van der Waals surface area contributed by atoms with Crippen LogP contribution >= 0.6 is 11.3 Å². The van der Waals surface area contributed by atoms with Crippen molar-refractivity contribution < 1.29 is 4.74 Å². The Hall–Kier alpha value is -1.36. The molecule has 0 aliphatic carbocycles. The van der Waals surface area contributed by atoms with Crippen LogP contribution in [0.15, 0.2) is 41.8 Å². The van der Waals surface area contributed by atoms with E-state index in [1.165, 1.54) is 42.9 Å². The van der Waals surface area contributed by atoms with E-state index >= 15 is 0 Å². The van der Waals surface area contributed by atoms with Gasteiger partial charge in [-0.3, -0.25) is 9.80 Å². The first-order valence-electron chi connectivity index (χ1n) is 9.48. The number of hydrogen-bond acceptors (Lipinski definition) is 4. The molecule has 0 N–H and O–H groups in total. The predicted octanol–water partition coefficient (Wildman–Crippen LogP) is 3.82. The first kappa shape index (κ1) is 15.9. The first-order chi connectivity index (χ1) is 12.3. The van der Waals surface area contributed by atoms with Gasteiger partial charge in [-0.1, -0.05) is 18.2 Å². The van der Waals surface area contributed by atoms with E-state index in [9.17, 15) is 0 Å². The van der Waals surface area contributed by atoms with Crippen LogP contribution in [0.3, 0.4) is 0 Å². The van der Waals surface area contributed by atoms with Gasteiger partial charge in [0.15, 0.2) is 0 Å². The lowest BCUT2D eigenvalue weighted by Gasteiger charge is -2.51. The zero-order valence-corrected chi connectivity index (χ0v) is 15.6. The average Bonchev–Trinajstić information content (AvgIpc) is 3.32. The van der Waals surface area contributed by atoms with Crippen molar-refractivity contribution in [1.82, 2.24) is 9.80 Å².